The van der Waals surface area contributed by atoms with Crippen molar-refractivity contribution in [1.29, 1.82) is 0 Å². The average molecular weight is 373 g/mol. The molecule has 3 rings (SSSR count). The number of hydrogen-bond acceptors (Lipinski definition) is 5. The molecule has 3 N–H and O–H groups in total. The van der Waals surface area contributed by atoms with Gasteiger partial charge in [-0.15, -0.1) is 11.3 Å². The number of carbonyl (C=O) groups excluding carboxylic acids is 2. The van der Waals surface area contributed by atoms with Gasteiger partial charge in [0.05, 0.1) is 18.6 Å². The van der Waals surface area contributed by atoms with E-state index in [2.05, 4.69) is 10.2 Å². The summed E-state index contributed by atoms with van der Waals surface area (Å²) in [6, 6.07) is 7.43. The number of nitrogens with zero attached hydrogens (tertiary/aromatic N) is 1. The standard InChI is InChI=1S/C19H23N3O3S/c1-3-25-13-6-4-12(5-7-13)10-16(23)21-19-17(18(20)24)14-8-9-22(2)11-15(14)26-19/h4-7H,3,8-11H2,1-2H3,(H2,20,24)(H,21,23). The van der Waals surface area contributed by atoms with Crippen LogP contribution >= 0.6 is 11.3 Å². The number of rotatable bonds is 6. The van der Waals surface area contributed by atoms with Crippen LogP contribution in [-0.4, -0.2) is 36.9 Å². The molecule has 0 bridgehead atoms. The van der Waals surface area contributed by atoms with Gasteiger partial charge in [0.25, 0.3) is 5.91 Å². The molecule has 0 radical (unpaired) electrons. The lowest BCUT2D eigenvalue weighted by molar-refractivity contribution is -0.115. The van der Waals surface area contributed by atoms with Crippen molar-refractivity contribution in [2.75, 3.05) is 25.5 Å². The van der Waals surface area contributed by atoms with Crippen LogP contribution in [0.5, 0.6) is 5.75 Å². The second-order valence-corrected chi connectivity index (χ2v) is 7.47. The first-order chi connectivity index (χ1) is 12.5. The highest BCUT2D eigenvalue weighted by molar-refractivity contribution is 7.17. The zero-order chi connectivity index (χ0) is 18.7. The Kier molecular flexibility index (Phi) is 5.58. The lowest BCUT2D eigenvalue weighted by Crippen LogP contribution is -2.27. The maximum atomic E-state index is 12.4. The molecule has 2 amide bonds. The van der Waals surface area contributed by atoms with Gasteiger partial charge in [-0.1, -0.05) is 12.1 Å². The quantitative estimate of drug-likeness (QED) is 0.814. The first-order valence-corrected chi connectivity index (χ1v) is 9.44. The summed E-state index contributed by atoms with van der Waals surface area (Å²) in [5, 5.41) is 3.44. The fraction of sp³-hybridized carbons (Fsp3) is 0.368. The Hall–Kier alpha value is -2.38. The smallest absolute Gasteiger partial charge is 0.251 e. The molecule has 6 nitrogen and oxygen atoms in total. The van der Waals surface area contributed by atoms with Crippen molar-refractivity contribution in [3.8, 4) is 5.75 Å². The maximum Gasteiger partial charge on any atom is 0.251 e. The number of ether oxygens (including phenoxy) is 1. The van der Waals surface area contributed by atoms with E-state index in [0.29, 0.717) is 17.2 Å². The molecule has 1 aliphatic rings. The van der Waals surface area contributed by atoms with Crippen LogP contribution in [0.3, 0.4) is 0 Å². The molecule has 26 heavy (non-hydrogen) atoms. The van der Waals surface area contributed by atoms with Crippen LogP contribution in [0.4, 0.5) is 5.00 Å². The van der Waals surface area contributed by atoms with Crippen LogP contribution in [-0.2, 0) is 24.2 Å². The van der Waals surface area contributed by atoms with E-state index in [4.69, 9.17) is 10.5 Å². The van der Waals surface area contributed by atoms with Gasteiger partial charge >= 0.3 is 0 Å². The number of benzene rings is 1. The average Bonchev–Trinajstić information content (AvgIpc) is 2.93. The van der Waals surface area contributed by atoms with Gasteiger partial charge in [-0.3, -0.25) is 9.59 Å². The molecule has 2 aromatic rings. The first kappa shape index (κ1) is 18.4. The molecule has 1 aromatic carbocycles. The summed E-state index contributed by atoms with van der Waals surface area (Å²) >= 11 is 1.45. The third-order valence-electron chi connectivity index (χ3n) is 4.35. The highest BCUT2D eigenvalue weighted by Gasteiger charge is 2.26. The molecule has 7 heteroatoms. The van der Waals surface area contributed by atoms with Crippen LogP contribution in [0.2, 0.25) is 0 Å². The molecular weight excluding hydrogens is 350 g/mol. The number of thiophene rings is 1. The van der Waals surface area contributed by atoms with Crippen molar-refractivity contribution in [3.63, 3.8) is 0 Å². The number of nitrogens with one attached hydrogen (secondary N) is 1. The molecule has 0 unspecified atom stereocenters. The minimum absolute atomic E-state index is 0.163. The van der Waals surface area contributed by atoms with E-state index in [9.17, 15) is 9.59 Å². The highest BCUT2D eigenvalue weighted by atomic mass is 32.1. The maximum absolute atomic E-state index is 12.4. The first-order valence-electron chi connectivity index (χ1n) is 8.62. The molecule has 1 aromatic heterocycles. The Morgan fingerprint density at radius 2 is 2.04 bits per heavy atom. The summed E-state index contributed by atoms with van der Waals surface area (Å²) in [5.74, 6) is 0.134. The second kappa shape index (κ2) is 7.88. The Morgan fingerprint density at radius 3 is 2.69 bits per heavy atom. The van der Waals surface area contributed by atoms with E-state index >= 15 is 0 Å². The minimum Gasteiger partial charge on any atom is -0.494 e. The number of primary amides is 1. The summed E-state index contributed by atoms with van der Waals surface area (Å²) in [4.78, 5) is 27.7. The van der Waals surface area contributed by atoms with Crippen molar-refractivity contribution < 1.29 is 14.3 Å². The van der Waals surface area contributed by atoms with E-state index in [0.717, 1.165) is 41.3 Å². The Morgan fingerprint density at radius 1 is 1.31 bits per heavy atom. The van der Waals surface area contributed by atoms with Crippen LogP contribution in [0.25, 0.3) is 0 Å². The van der Waals surface area contributed by atoms with Crippen molar-refractivity contribution in [1.82, 2.24) is 4.90 Å². The molecule has 0 fully saturated rings. The fourth-order valence-electron chi connectivity index (χ4n) is 3.11. The van der Waals surface area contributed by atoms with Crippen LogP contribution < -0.4 is 15.8 Å². The lowest BCUT2D eigenvalue weighted by atomic mass is 10.0. The lowest BCUT2D eigenvalue weighted by Gasteiger charge is -2.22. The normalized spacial score (nSPS) is 13.9. The third-order valence-corrected chi connectivity index (χ3v) is 5.48. The molecule has 0 saturated heterocycles. The van der Waals surface area contributed by atoms with E-state index in [-0.39, 0.29) is 12.3 Å². The number of hydrogen-bond donors (Lipinski definition) is 2. The number of likely N-dealkylation sites (N-methyl/N-ethyl adjacent to an activating group) is 1. The van der Waals surface area contributed by atoms with Crippen LogP contribution in [0, 0.1) is 0 Å². The summed E-state index contributed by atoms with van der Waals surface area (Å²) < 4.78 is 5.40. The van der Waals surface area contributed by atoms with Crippen LogP contribution in [0.1, 0.15) is 33.3 Å². The minimum atomic E-state index is -0.483. The molecule has 0 atom stereocenters. The van der Waals surface area contributed by atoms with Gasteiger partial charge in [0, 0.05) is 18.0 Å². The summed E-state index contributed by atoms with van der Waals surface area (Å²) in [6.45, 7) is 4.18. The predicted octanol–water partition coefficient (Wildman–Crippen LogP) is 2.41. The highest BCUT2D eigenvalue weighted by Crippen LogP contribution is 2.36. The largest absolute Gasteiger partial charge is 0.494 e. The van der Waals surface area contributed by atoms with Gasteiger partial charge in [-0.25, -0.2) is 0 Å². The van der Waals surface area contributed by atoms with E-state index in [1.54, 1.807) is 0 Å². The van der Waals surface area contributed by atoms with Gasteiger partial charge in [0.15, 0.2) is 0 Å². The molecule has 0 aliphatic carbocycles. The number of nitrogens with two attached hydrogens (primary N) is 1. The number of fused-ring (bicyclic) bond motifs is 1. The Bertz CT molecular complexity index is 814. The molecule has 2 heterocycles. The van der Waals surface area contributed by atoms with Crippen molar-refractivity contribution in [2.24, 2.45) is 5.73 Å². The van der Waals surface area contributed by atoms with Gasteiger partial charge in [0.2, 0.25) is 5.91 Å². The fourth-order valence-corrected chi connectivity index (χ4v) is 4.46. The van der Waals surface area contributed by atoms with Crippen LogP contribution in [0.15, 0.2) is 24.3 Å². The summed E-state index contributed by atoms with van der Waals surface area (Å²) in [5.41, 5.74) is 7.92. The number of carbonyl (C=O) groups is 2. The zero-order valence-corrected chi connectivity index (χ0v) is 15.8. The van der Waals surface area contributed by atoms with E-state index in [1.165, 1.54) is 11.3 Å². The predicted molar refractivity (Wildman–Crippen MR) is 103 cm³/mol. The molecule has 138 valence electrons. The number of anilines is 1. The summed E-state index contributed by atoms with van der Waals surface area (Å²) in [7, 11) is 2.04. The monoisotopic (exact) mass is 373 g/mol. The Labute approximate surface area is 156 Å². The van der Waals surface area contributed by atoms with Gasteiger partial charge in [-0.05, 0) is 43.7 Å². The van der Waals surface area contributed by atoms with Crippen molar-refractivity contribution in [2.45, 2.75) is 26.3 Å². The van der Waals surface area contributed by atoms with E-state index in [1.807, 2.05) is 38.2 Å². The molecular formula is C19H23N3O3S. The summed E-state index contributed by atoms with van der Waals surface area (Å²) in [6.07, 6.45) is 1.00. The van der Waals surface area contributed by atoms with Gasteiger partial charge in [-0.2, -0.15) is 0 Å². The van der Waals surface area contributed by atoms with E-state index < -0.39 is 5.91 Å². The molecule has 0 saturated carbocycles. The van der Waals surface area contributed by atoms with Crippen molar-refractivity contribution >= 4 is 28.2 Å². The van der Waals surface area contributed by atoms with Gasteiger partial charge < -0.3 is 20.7 Å². The zero-order valence-electron chi connectivity index (χ0n) is 15.0. The third kappa shape index (κ3) is 4.05. The van der Waals surface area contributed by atoms with Crippen molar-refractivity contribution in [3.05, 3.63) is 45.8 Å². The molecule has 1 aliphatic heterocycles. The Balaban J connectivity index is 1.73. The molecule has 0 spiro atoms. The van der Waals surface area contributed by atoms with Gasteiger partial charge in [0.1, 0.15) is 10.8 Å². The topological polar surface area (TPSA) is 84.7 Å². The SMILES string of the molecule is CCOc1ccc(CC(=O)Nc2sc3c(c2C(N)=O)CCN(C)C3)cc1. The number of amides is 2. The second-order valence-electron chi connectivity index (χ2n) is 6.36.